The minimum atomic E-state index is -0.933. The summed E-state index contributed by atoms with van der Waals surface area (Å²) < 4.78 is 0. The zero-order valence-electron chi connectivity index (χ0n) is 9.27. The molecule has 82 valence electrons. The van der Waals surface area contributed by atoms with Crippen molar-refractivity contribution in [1.29, 1.82) is 0 Å². The highest BCUT2D eigenvalue weighted by atomic mass is 16.4. The van der Waals surface area contributed by atoms with E-state index in [1.165, 1.54) is 6.20 Å². The van der Waals surface area contributed by atoms with Crippen molar-refractivity contribution in [2.24, 2.45) is 0 Å². The van der Waals surface area contributed by atoms with E-state index in [9.17, 15) is 4.79 Å². The Bertz CT molecular complexity index is 350. The molecule has 0 bridgehead atoms. The lowest BCUT2D eigenvalue weighted by atomic mass is 10.2. The Labute approximate surface area is 89.6 Å². The molecule has 0 saturated carbocycles. The number of rotatable bonds is 4. The molecule has 1 aromatic rings. The van der Waals surface area contributed by atoms with E-state index in [-0.39, 0.29) is 11.6 Å². The fourth-order valence-electron chi connectivity index (χ4n) is 1.62. The number of pyridine rings is 1. The minimum absolute atomic E-state index is 0.257. The quantitative estimate of drug-likeness (QED) is 0.822. The maximum absolute atomic E-state index is 11.0. The first-order chi connectivity index (χ1) is 7.07. The lowest BCUT2D eigenvalue weighted by Gasteiger charge is -2.28. The number of anilines is 1. The number of hydrogen-bond donors (Lipinski definition) is 1. The van der Waals surface area contributed by atoms with E-state index in [1.54, 1.807) is 12.3 Å². The molecule has 1 N–H and O–H groups in total. The molecule has 0 radical (unpaired) electrons. The van der Waals surface area contributed by atoms with Crippen molar-refractivity contribution < 1.29 is 9.90 Å². The molecule has 1 heterocycles. The van der Waals surface area contributed by atoms with Gasteiger partial charge in [0.1, 0.15) is 5.56 Å². The summed E-state index contributed by atoms with van der Waals surface area (Å²) in [6, 6.07) is 2.02. The molecule has 15 heavy (non-hydrogen) atoms. The summed E-state index contributed by atoms with van der Waals surface area (Å²) in [6.45, 7) is 6.86. The van der Waals surface area contributed by atoms with Crippen LogP contribution in [0.3, 0.4) is 0 Å². The van der Waals surface area contributed by atoms with Gasteiger partial charge >= 0.3 is 5.97 Å². The Kier molecular flexibility index (Phi) is 3.66. The highest BCUT2D eigenvalue weighted by Gasteiger charge is 2.16. The van der Waals surface area contributed by atoms with Crippen LogP contribution in [-0.4, -0.2) is 28.6 Å². The van der Waals surface area contributed by atoms with E-state index in [0.29, 0.717) is 0 Å². The highest BCUT2D eigenvalue weighted by molar-refractivity contribution is 5.94. The van der Waals surface area contributed by atoms with Gasteiger partial charge in [-0.2, -0.15) is 0 Å². The smallest absolute Gasteiger partial charge is 0.339 e. The molecule has 0 aliphatic rings. The first-order valence-electron chi connectivity index (χ1n) is 5.01. The largest absolute Gasteiger partial charge is 0.478 e. The molecule has 4 nitrogen and oxygen atoms in total. The fraction of sp³-hybridized carbons (Fsp3) is 0.455. The number of carbonyl (C=O) groups is 1. The van der Waals surface area contributed by atoms with E-state index < -0.39 is 5.97 Å². The Morgan fingerprint density at radius 2 is 2.27 bits per heavy atom. The van der Waals surface area contributed by atoms with E-state index in [0.717, 1.165) is 12.2 Å². The summed E-state index contributed by atoms with van der Waals surface area (Å²) in [6.07, 6.45) is 3.01. The van der Waals surface area contributed by atoms with Gasteiger partial charge in [0.05, 0.1) is 5.69 Å². The Hall–Kier alpha value is -1.58. The van der Waals surface area contributed by atoms with Crippen LogP contribution in [0.5, 0.6) is 0 Å². The Morgan fingerprint density at radius 1 is 1.60 bits per heavy atom. The van der Waals surface area contributed by atoms with Gasteiger partial charge in [-0.3, -0.25) is 4.98 Å². The third-order valence-electron chi connectivity index (χ3n) is 2.30. The van der Waals surface area contributed by atoms with Gasteiger partial charge in [0, 0.05) is 25.0 Å². The molecule has 0 aliphatic carbocycles. The molecular weight excluding hydrogens is 192 g/mol. The maximum atomic E-state index is 11.0. The number of aromatic carboxylic acids is 1. The summed E-state index contributed by atoms with van der Waals surface area (Å²) in [4.78, 5) is 16.9. The minimum Gasteiger partial charge on any atom is -0.478 e. The second kappa shape index (κ2) is 4.77. The van der Waals surface area contributed by atoms with Crippen LogP contribution >= 0.6 is 0 Å². The summed E-state index contributed by atoms with van der Waals surface area (Å²) >= 11 is 0. The van der Waals surface area contributed by atoms with Gasteiger partial charge in [0.25, 0.3) is 0 Å². The van der Waals surface area contributed by atoms with Crippen molar-refractivity contribution in [1.82, 2.24) is 4.98 Å². The zero-order valence-corrected chi connectivity index (χ0v) is 9.27. The third kappa shape index (κ3) is 2.46. The molecule has 0 atom stereocenters. The van der Waals surface area contributed by atoms with Crippen molar-refractivity contribution in [2.75, 3.05) is 11.4 Å². The Morgan fingerprint density at radius 3 is 2.73 bits per heavy atom. The molecular formula is C11H16N2O2. The second-order valence-electron chi connectivity index (χ2n) is 3.58. The van der Waals surface area contributed by atoms with Crippen LogP contribution < -0.4 is 4.90 Å². The molecule has 0 fully saturated rings. The second-order valence-corrected chi connectivity index (χ2v) is 3.58. The monoisotopic (exact) mass is 208 g/mol. The first kappa shape index (κ1) is 11.5. The van der Waals surface area contributed by atoms with Gasteiger partial charge in [0.15, 0.2) is 0 Å². The van der Waals surface area contributed by atoms with Crippen LogP contribution in [-0.2, 0) is 0 Å². The van der Waals surface area contributed by atoms with Crippen molar-refractivity contribution in [3.8, 4) is 0 Å². The number of carboxylic acid groups (broad SMARTS) is 1. The predicted molar refractivity (Wildman–Crippen MR) is 59.4 cm³/mol. The molecule has 1 rings (SSSR count). The zero-order chi connectivity index (χ0) is 11.4. The average Bonchev–Trinajstić information content (AvgIpc) is 2.18. The van der Waals surface area contributed by atoms with Crippen LogP contribution in [0.25, 0.3) is 0 Å². The maximum Gasteiger partial charge on any atom is 0.339 e. The van der Waals surface area contributed by atoms with E-state index in [2.05, 4.69) is 4.98 Å². The van der Waals surface area contributed by atoms with Crippen molar-refractivity contribution >= 4 is 11.7 Å². The molecule has 0 aliphatic heterocycles. The summed E-state index contributed by atoms with van der Waals surface area (Å²) in [5.74, 6) is -0.933. The third-order valence-corrected chi connectivity index (χ3v) is 2.30. The lowest BCUT2D eigenvalue weighted by Crippen LogP contribution is -2.31. The summed E-state index contributed by atoms with van der Waals surface area (Å²) in [5.41, 5.74) is 0.989. The van der Waals surface area contributed by atoms with Crippen molar-refractivity contribution in [3.05, 3.63) is 24.0 Å². The standard InChI is InChI=1S/C11H16N2O2/c1-4-13(8(2)3)10-5-6-12-7-9(10)11(14)15/h5-8H,4H2,1-3H3,(H,14,15). The number of nitrogens with zero attached hydrogens (tertiary/aromatic N) is 2. The summed E-state index contributed by atoms with van der Waals surface area (Å²) in [5, 5.41) is 9.03. The van der Waals surface area contributed by atoms with Crippen LogP contribution in [0.15, 0.2) is 18.5 Å². The SMILES string of the molecule is CCN(c1ccncc1C(=O)O)C(C)C. The molecule has 0 unspecified atom stereocenters. The topological polar surface area (TPSA) is 53.4 Å². The molecule has 0 saturated heterocycles. The number of hydrogen-bond acceptors (Lipinski definition) is 3. The van der Waals surface area contributed by atoms with Crippen molar-refractivity contribution in [2.45, 2.75) is 26.8 Å². The summed E-state index contributed by atoms with van der Waals surface area (Å²) in [7, 11) is 0. The number of carboxylic acids is 1. The van der Waals surface area contributed by atoms with Gasteiger partial charge in [-0.05, 0) is 26.8 Å². The van der Waals surface area contributed by atoms with Crippen molar-refractivity contribution in [3.63, 3.8) is 0 Å². The molecule has 0 aromatic carbocycles. The van der Waals surface area contributed by atoms with E-state index >= 15 is 0 Å². The van der Waals surface area contributed by atoms with Gasteiger partial charge in [-0.15, -0.1) is 0 Å². The Balaban J connectivity index is 3.16. The normalized spacial score (nSPS) is 10.4. The van der Waals surface area contributed by atoms with Gasteiger partial charge in [-0.1, -0.05) is 0 Å². The first-order valence-corrected chi connectivity index (χ1v) is 5.01. The van der Waals surface area contributed by atoms with Gasteiger partial charge < -0.3 is 10.0 Å². The lowest BCUT2D eigenvalue weighted by molar-refractivity contribution is 0.0697. The molecule has 0 amide bonds. The van der Waals surface area contributed by atoms with Crippen LogP contribution in [0.1, 0.15) is 31.1 Å². The van der Waals surface area contributed by atoms with E-state index in [4.69, 9.17) is 5.11 Å². The van der Waals surface area contributed by atoms with Gasteiger partial charge in [0.2, 0.25) is 0 Å². The van der Waals surface area contributed by atoms with Crippen LogP contribution in [0, 0.1) is 0 Å². The molecule has 0 spiro atoms. The van der Waals surface area contributed by atoms with Crippen LogP contribution in [0.4, 0.5) is 5.69 Å². The molecule has 4 heteroatoms. The van der Waals surface area contributed by atoms with E-state index in [1.807, 2.05) is 25.7 Å². The number of aromatic nitrogens is 1. The van der Waals surface area contributed by atoms with Gasteiger partial charge in [-0.25, -0.2) is 4.79 Å². The highest BCUT2D eigenvalue weighted by Crippen LogP contribution is 2.21. The fourth-order valence-corrected chi connectivity index (χ4v) is 1.62. The van der Waals surface area contributed by atoms with Crippen LogP contribution in [0.2, 0.25) is 0 Å². The predicted octanol–water partition coefficient (Wildman–Crippen LogP) is 2.01. The molecule has 1 aromatic heterocycles. The average molecular weight is 208 g/mol.